The van der Waals surface area contributed by atoms with Crippen molar-refractivity contribution >= 4 is 33.4 Å². The predicted octanol–water partition coefficient (Wildman–Crippen LogP) is 3.95. The molecule has 0 aliphatic heterocycles. The van der Waals surface area contributed by atoms with Gasteiger partial charge < -0.3 is 10.6 Å². The Morgan fingerprint density at radius 2 is 1.82 bits per heavy atom. The Hall–Kier alpha value is -1.89. The highest BCUT2D eigenvalue weighted by Crippen LogP contribution is 2.35. The second-order valence-electron chi connectivity index (χ2n) is 8.29. The molecule has 7 heteroatoms. The Labute approximate surface area is 170 Å². The second-order valence-corrected chi connectivity index (χ2v) is 9.32. The van der Waals surface area contributed by atoms with Gasteiger partial charge in [-0.2, -0.15) is 5.10 Å². The number of hydrogen-bond acceptors (Lipinski definition) is 4. The van der Waals surface area contributed by atoms with Crippen molar-refractivity contribution in [2.24, 2.45) is 5.92 Å². The van der Waals surface area contributed by atoms with E-state index in [1.807, 2.05) is 13.0 Å². The number of fused-ring (bicyclic) bond motifs is 1. The highest BCUT2D eigenvalue weighted by atomic mass is 32.1. The van der Waals surface area contributed by atoms with E-state index in [4.69, 9.17) is 5.10 Å². The molecular weight excluding hydrogens is 372 g/mol. The lowest BCUT2D eigenvalue weighted by Gasteiger charge is -2.27. The summed E-state index contributed by atoms with van der Waals surface area (Å²) in [6.45, 7) is 2.04. The van der Waals surface area contributed by atoms with Crippen LogP contribution in [0.15, 0.2) is 6.07 Å². The lowest BCUT2D eigenvalue weighted by molar-refractivity contribution is -0.125. The summed E-state index contributed by atoms with van der Waals surface area (Å²) in [5.74, 6) is 0.225. The molecule has 28 heavy (non-hydrogen) atoms. The summed E-state index contributed by atoms with van der Waals surface area (Å²) >= 11 is 1.57. The molecule has 2 saturated carbocycles. The topological polar surface area (TPSA) is 76.0 Å². The van der Waals surface area contributed by atoms with E-state index in [0.29, 0.717) is 6.04 Å². The minimum absolute atomic E-state index is 0.0131. The molecule has 0 radical (unpaired) electrons. The molecule has 0 spiro atoms. The maximum Gasteiger partial charge on any atom is 0.261 e. The van der Waals surface area contributed by atoms with Gasteiger partial charge in [-0.15, -0.1) is 11.3 Å². The molecule has 6 nitrogen and oxygen atoms in total. The van der Waals surface area contributed by atoms with Crippen LogP contribution in [-0.4, -0.2) is 34.7 Å². The summed E-state index contributed by atoms with van der Waals surface area (Å²) in [5.41, 5.74) is 1.02. The molecule has 2 amide bonds. The maximum atomic E-state index is 12.8. The number of hydrogen-bond donors (Lipinski definition) is 2. The van der Waals surface area contributed by atoms with Crippen molar-refractivity contribution in [3.05, 3.63) is 16.6 Å². The molecule has 2 fully saturated rings. The van der Waals surface area contributed by atoms with Gasteiger partial charge in [0, 0.05) is 24.4 Å². The van der Waals surface area contributed by atoms with Crippen molar-refractivity contribution in [3.63, 3.8) is 0 Å². The third-order valence-electron chi connectivity index (χ3n) is 6.39. The first-order valence-corrected chi connectivity index (χ1v) is 11.4. The summed E-state index contributed by atoms with van der Waals surface area (Å²) in [6.07, 6.45) is 9.63. The van der Waals surface area contributed by atoms with Crippen LogP contribution in [0.25, 0.3) is 10.2 Å². The van der Waals surface area contributed by atoms with E-state index in [0.717, 1.165) is 46.5 Å². The number of amides is 2. The van der Waals surface area contributed by atoms with Crippen LogP contribution in [0.2, 0.25) is 0 Å². The number of thiophene rings is 1. The van der Waals surface area contributed by atoms with E-state index in [2.05, 4.69) is 15.3 Å². The maximum absolute atomic E-state index is 12.8. The van der Waals surface area contributed by atoms with Crippen LogP contribution in [0.4, 0.5) is 0 Å². The second kappa shape index (κ2) is 8.23. The average Bonchev–Trinajstić information content (AvgIpc) is 3.29. The average molecular weight is 403 g/mol. The third kappa shape index (κ3) is 3.81. The van der Waals surface area contributed by atoms with E-state index in [-0.39, 0.29) is 23.8 Å². The SMILES string of the molecule is CNC(=O)C1CCC(NC(=O)c2cc3c(C)nn(C4CCCCC4)c3s2)CC1. The molecule has 2 heterocycles. The van der Waals surface area contributed by atoms with Crippen LogP contribution in [-0.2, 0) is 4.79 Å². The first-order valence-electron chi connectivity index (χ1n) is 10.6. The zero-order valence-electron chi connectivity index (χ0n) is 16.8. The quantitative estimate of drug-likeness (QED) is 0.813. The fraction of sp³-hybridized carbons (Fsp3) is 0.667. The van der Waals surface area contributed by atoms with Crippen LogP contribution < -0.4 is 10.6 Å². The molecule has 2 aliphatic carbocycles. The molecule has 0 atom stereocenters. The molecular formula is C21H30N4O2S. The van der Waals surface area contributed by atoms with Crippen LogP contribution >= 0.6 is 11.3 Å². The number of aryl methyl sites for hydroxylation is 1. The number of carbonyl (C=O) groups is 2. The van der Waals surface area contributed by atoms with Crippen LogP contribution in [0.3, 0.4) is 0 Å². The van der Waals surface area contributed by atoms with E-state index < -0.39 is 0 Å². The standard InChI is InChI=1S/C21H30N4O2S/c1-13-17-12-18(28-21(17)25(24-13)16-6-4-3-5-7-16)20(27)23-15-10-8-14(9-11-15)19(26)22-2/h12,14-16H,3-11H2,1-2H3,(H,22,26)(H,23,27). The van der Waals surface area contributed by atoms with Gasteiger partial charge in [-0.1, -0.05) is 19.3 Å². The Balaban J connectivity index is 1.44. The fourth-order valence-electron chi connectivity index (χ4n) is 4.72. The molecule has 0 saturated heterocycles. The van der Waals surface area contributed by atoms with Gasteiger partial charge in [0.15, 0.2) is 0 Å². The highest BCUT2D eigenvalue weighted by molar-refractivity contribution is 7.20. The summed E-state index contributed by atoms with van der Waals surface area (Å²) < 4.78 is 2.18. The third-order valence-corrected chi connectivity index (χ3v) is 7.52. The summed E-state index contributed by atoms with van der Waals surface area (Å²) in [5, 5.41) is 11.8. The summed E-state index contributed by atoms with van der Waals surface area (Å²) in [4.78, 5) is 26.5. The smallest absolute Gasteiger partial charge is 0.261 e. The Morgan fingerprint density at radius 1 is 1.11 bits per heavy atom. The zero-order valence-corrected chi connectivity index (χ0v) is 17.6. The van der Waals surface area contributed by atoms with Gasteiger partial charge in [0.25, 0.3) is 5.91 Å². The van der Waals surface area contributed by atoms with Crippen LogP contribution in [0.5, 0.6) is 0 Å². The Kier molecular flexibility index (Phi) is 5.71. The Morgan fingerprint density at radius 3 is 2.50 bits per heavy atom. The lowest BCUT2D eigenvalue weighted by Crippen LogP contribution is -2.40. The molecule has 152 valence electrons. The number of rotatable bonds is 4. The van der Waals surface area contributed by atoms with Gasteiger partial charge in [0.1, 0.15) is 4.83 Å². The summed E-state index contributed by atoms with van der Waals surface area (Å²) in [6, 6.07) is 2.64. The number of nitrogens with zero attached hydrogens (tertiary/aromatic N) is 2. The van der Waals surface area contributed by atoms with Crippen molar-refractivity contribution in [3.8, 4) is 0 Å². The molecule has 0 aromatic carbocycles. The molecule has 4 rings (SSSR count). The van der Waals surface area contributed by atoms with E-state index >= 15 is 0 Å². The van der Waals surface area contributed by atoms with Crippen molar-refractivity contribution in [2.45, 2.75) is 76.8 Å². The van der Waals surface area contributed by atoms with Crippen molar-refractivity contribution in [1.82, 2.24) is 20.4 Å². The van der Waals surface area contributed by atoms with Crippen LogP contribution in [0, 0.1) is 12.8 Å². The molecule has 0 bridgehead atoms. The highest BCUT2D eigenvalue weighted by Gasteiger charge is 2.28. The van der Waals surface area contributed by atoms with Crippen molar-refractivity contribution in [1.29, 1.82) is 0 Å². The zero-order chi connectivity index (χ0) is 19.7. The minimum atomic E-state index is 0.0131. The van der Waals surface area contributed by atoms with Crippen molar-refractivity contribution < 1.29 is 9.59 Å². The fourth-order valence-corrected chi connectivity index (χ4v) is 5.85. The van der Waals surface area contributed by atoms with Gasteiger partial charge in [-0.3, -0.25) is 14.3 Å². The first kappa shape index (κ1) is 19.4. The number of nitrogens with one attached hydrogen (secondary N) is 2. The number of carbonyl (C=O) groups excluding carboxylic acids is 2. The van der Waals surface area contributed by atoms with E-state index in [1.165, 1.54) is 32.1 Å². The first-order chi connectivity index (χ1) is 13.6. The van der Waals surface area contributed by atoms with E-state index in [9.17, 15) is 9.59 Å². The molecule has 2 N–H and O–H groups in total. The molecule has 2 aromatic heterocycles. The number of aromatic nitrogens is 2. The molecule has 0 unspecified atom stereocenters. The largest absolute Gasteiger partial charge is 0.359 e. The van der Waals surface area contributed by atoms with Gasteiger partial charge in [-0.05, 0) is 51.5 Å². The van der Waals surface area contributed by atoms with Gasteiger partial charge in [-0.25, -0.2) is 0 Å². The minimum Gasteiger partial charge on any atom is -0.359 e. The normalized spacial score (nSPS) is 23.6. The van der Waals surface area contributed by atoms with Gasteiger partial charge in [0.2, 0.25) is 5.91 Å². The monoisotopic (exact) mass is 402 g/mol. The lowest BCUT2D eigenvalue weighted by atomic mass is 9.85. The molecule has 2 aliphatic rings. The van der Waals surface area contributed by atoms with Crippen LogP contribution in [0.1, 0.15) is 79.2 Å². The van der Waals surface area contributed by atoms with Gasteiger partial charge in [0.05, 0.1) is 16.6 Å². The predicted molar refractivity (Wildman–Crippen MR) is 112 cm³/mol. The molecule has 2 aromatic rings. The summed E-state index contributed by atoms with van der Waals surface area (Å²) in [7, 11) is 1.69. The Bertz CT molecular complexity index is 857. The van der Waals surface area contributed by atoms with Gasteiger partial charge >= 0.3 is 0 Å². The van der Waals surface area contributed by atoms with E-state index in [1.54, 1.807) is 18.4 Å². The van der Waals surface area contributed by atoms with Crippen molar-refractivity contribution in [2.75, 3.05) is 7.05 Å².